The second kappa shape index (κ2) is 7.34. The highest BCUT2D eigenvalue weighted by Crippen LogP contribution is 2.22. The molecule has 1 amide bonds. The van der Waals surface area contributed by atoms with Crippen LogP contribution in [0.1, 0.15) is 18.5 Å². The molecular weight excluding hydrogens is 280 g/mol. The van der Waals surface area contributed by atoms with Gasteiger partial charge in [-0.05, 0) is 12.5 Å². The molecule has 8 heteroatoms. The van der Waals surface area contributed by atoms with E-state index in [1.165, 1.54) is 24.1 Å². The molecule has 0 aromatic heterocycles. The third kappa shape index (κ3) is 4.84. The number of rotatable bonds is 7. The van der Waals surface area contributed by atoms with Gasteiger partial charge in [0.1, 0.15) is 13.2 Å². The molecule has 21 heavy (non-hydrogen) atoms. The number of amides is 1. The quantitative estimate of drug-likeness (QED) is 0.598. The van der Waals surface area contributed by atoms with E-state index in [2.05, 4.69) is 0 Å². The summed E-state index contributed by atoms with van der Waals surface area (Å²) in [4.78, 5) is 33.7. The van der Waals surface area contributed by atoms with Crippen LogP contribution in [0.25, 0.3) is 0 Å². The standard InChI is InChI=1S/C13H16N2O6/c1-9(10-4-3-5-11(6-10)15(19)20)14(2)12(16)7-21-8-13(17)18/h3-6,9H,7-8H2,1-2H3,(H,17,18). The molecule has 0 aliphatic carbocycles. The van der Waals surface area contributed by atoms with Crippen molar-refractivity contribution in [3.63, 3.8) is 0 Å². The van der Waals surface area contributed by atoms with Crippen molar-refractivity contribution in [1.82, 2.24) is 4.90 Å². The lowest BCUT2D eigenvalue weighted by atomic mass is 10.1. The minimum absolute atomic E-state index is 0.0534. The number of carboxylic acid groups (broad SMARTS) is 1. The van der Waals surface area contributed by atoms with E-state index < -0.39 is 29.4 Å². The molecule has 1 aromatic carbocycles. The molecule has 0 saturated heterocycles. The zero-order valence-corrected chi connectivity index (χ0v) is 11.7. The molecule has 0 radical (unpaired) electrons. The number of likely N-dealkylation sites (N-methyl/N-ethyl adjacent to an activating group) is 1. The molecule has 0 saturated carbocycles. The molecule has 0 bridgehead atoms. The number of aliphatic carboxylic acids is 1. The zero-order valence-electron chi connectivity index (χ0n) is 11.7. The molecule has 0 spiro atoms. The Morgan fingerprint density at radius 2 is 2.10 bits per heavy atom. The molecule has 0 heterocycles. The summed E-state index contributed by atoms with van der Waals surface area (Å²) in [6, 6.07) is 5.59. The van der Waals surface area contributed by atoms with Gasteiger partial charge in [-0.3, -0.25) is 14.9 Å². The molecule has 0 aliphatic rings. The van der Waals surface area contributed by atoms with Crippen LogP contribution in [0, 0.1) is 10.1 Å². The van der Waals surface area contributed by atoms with Gasteiger partial charge in [-0.15, -0.1) is 0 Å². The van der Waals surface area contributed by atoms with Crippen molar-refractivity contribution in [2.45, 2.75) is 13.0 Å². The predicted octanol–water partition coefficient (Wildman–Crippen LogP) is 1.22. The number of carbonyl (C=O) groups is 2. The first-order chi connectivity index (χ1) is 9.82. The van der Waals surface area contributed by atoms with E-state index in [0.717, 1.165) is 0 Å². The van der Waals surface area contributed by atoms with Gasteiger partial charge in [0.15, 0.2) is 0 Å². The Hall–Kier alpha value is -2.48. The van der Waals surface area contributed by atoms with E-state index in [0.29, 0.717) is 5.56 Å². The van der Waals surface area contributed by atoms with E-state index >= 15 is 0 Å². The Bertz CT molecular complexity index is 545. The summed E-state index contributed by atoms with van der Waals surface area (Å²) >= 11 is 0. The summed E-state index contributed by atoms with van der Waals surface area (Å²) in [5.41, 5.74) is 0.556. The van der Waals surface area contributed by atoms with Crippen molar-refractivity contribution in [1.29, 1.82) is 0 Å². The fourth-order valence-corrected chi connectivity index (χ4v) is 1.67. The van der Waals surface area contributed by atoms with Crippen LogP contribution in [-0.4, -0.2) is 47.1 Å². The Labute approximate surface area is 121 Å². The maximum Gasteiger partial charge on any atom is 0.329 e. The Morgan fingerprint density at radius 1 is 1.43 bits per heavy atom. The topological polar surface area (TPSA) is 110 Å². The molecule has 1 aromatic rings. The lowest BCUT2D eigenvalue weighted by molar-refractivity contribution is -0.384. The number of carboxylic acids is 1. The number of nitrogens with zero attached hydrogens (tertiary/aromatic N) is 2. The van der Waals surface area contributed by atoms with Gasteiger partial charge in [0.05, 0.1) is 11.0 Å². The van der Waals surface area contributed by atoms with Crippen LogP contribution < -0.4 is 0 Å². The summed E-state index contributed by atoms with van der Waals surface area (Å²) < 4.78 is 4.73. The first-order valence-electron chi connectivity index (χ1n) is 6.12. The maximum atomic E-state index is 11.8. The summed E-state index contributed by atoms with van der Waals surface area (Å²) in [6.07, 6.45) is 0. The van der Waals surface area contributed by atoms with Gasteiger partial charge in [-0.1, -0.05) is 12.1 Å². The van der Waals surface area contributed by atoms with Crippen molar-refractivity contribution >= 4 is 17.6 Å². The number of nitro groups is 1. The smallest absolute Gasteiger partial charge is 0.329 e. The van der Waals surface area contributed by atoms with Crippen LogP contribution in [0.5, 0.6) is 0 Å². The van der Waals surface area contributed by atoms with Crippen LogP contribution in [0.2, 0.25) is 0 Å². The maximum absolute atomic E-state index is 11.8. The van der Waals surface area contributed by atoms with Crippen LogP contribution in [0.3, 0.4) is 0 Å². The molecule has 8 nitrogen and oxygen atoms in total. The van der Waals surface area contributed by atoms with Crippen LogP contribution in [0.15, 0.2) is 24.3 Å². The van der Waals surface area contributed by atoms with E-state index in [1.807, 2.05) is 0 Å². The van der Waals surface area contributed by atoms with Crippen molar-refractivity contribution in [2.75, 3.05) is 20.3 Å². The lowest BCUT2D eigenvalue weighted by Crippen LogP contribution is -2.33. The van der Waals surface area contributed by atoms with Gasteiger partial charge < -0.3 is 14.7 Å². The number of hydrogen-bond donors (Lipinski definition) is 1. The molecule has 114 valence electrons. The number of hydrogen-bond acceptors (Lipinski definition) is 5. The third-order valence-corrected chi connectivity index (χ3v) is 2.99. The summed E-state index contributed by atoms with van der Waals surface area (Å²) in [7, 11) is 1.52. The van der Waals surface area contributed by atoms with E-state index in [1.54, 1.807) is 19.1 Å². The Kier molecular flexibility index (Phi) is 5.79. The molecule has 1 atom stereocenters. The molecular formula is C13H16N2O6. The first kappa shape index (κ1) is 16.6. The largest absolute Gasteiger partial charge is 0.480 e. The summed E-state index contributed by atoms with van der Waals surface area (Å²) in [6.45, 7) is 0.807. The highest BCUT2D eigenvalue weighted by Gasteiger charge is 2.19. The van der Waals surface area contributed by atoms with E-state index in [-0.39, 0.29) is 12.3 Å². The van der Waals surface area contributed by atoms with Crippen molar-refractivity contribution < 1.29 is 24.4 Å². The van der Waals surface area contributed by atoms with Crippen molar-refractivity contribution in [3.8, 4) is 0 Å². The second-order valence-corrected chi connectivity index (χ2v) is 4.42. The minimum Gasteiger partial charge on any atom is -0.480 e. The normalized spacial score (nSPS) is 11.7. The van der Waals surface area contributed by atoms with Gasteiger partial charge in [-0.25, -0.2) is 4.79 Å². The lowest BCUT2D eigenvalue weighted by Gasteiger charge is -2.25. The average molecular weight is 296 g/mol. The van der Waals surface area contributed by atoms with Crippen molar-refractivity contribution in [3.05, 3.63) is 39.9 Å². The van der Waals surface area contributed by atoms with Crippen LogP contribution in [-0.2, 0) is 14.3 Å². The summed E-state index contributed by atoms with van der Waals surface area (Å²) in [5.74, 6) is -1.56. The van der Waals surface area contributed by atoms with Gasteiger partial charge in [0.25, 0.3) is 5.69 Å². The Morgan fingerprint density at radius 3 is 2.67 bits per heavy atom. The fourth-order valence-electron chi connectivity index (χ4n) is 1.67. The van der Waals surface area contributed by atoms with Gasteiger partial charge in [0.2, 0.25) is 5.91 Å². The van der Waals surface area contributed by atoms with Gasteiger partial charge in [0, 0.05) is 19.2 Å². The molecule has 0 fully saturated rings. The number of ether oxygens (including phenoxy) is 1. The molecule has 1 unspecified atom stereocenters. The van der Waals surface area contributed by atoms with E-state index in [9.17, 15) is 19.7 Å². The Balaban J connectivity index is 2.70. The predicted molar refractivity (Wildman–Crippen MR) is 72.7 cm³/mol. The highest BCUT2D eigenvalue weighted by molar-refractivity contribution is 5.78. The molecule has 1 rings (SSSR count). The molecule has 0 aliphatic heterocycles. The SMILES string of the molecule is CC(c1cccc([N+](=O)[O-])c1)N(C)C(=O)COCC(=O)O. The molecule has 1 N–H and O–H groups in total. The second-order valence-electron chi connectivity index (χ2n) is 4.42. The van der Waals surface area contributed by atoms with Crippen LogP contribution >= 0.6 is 0 Å². The fraction of sp³-hybridized carbons (Fsp3) is 0.385. The monoisotopic (exact) mass is 296 g/mol. The van der Waals surface area contributed by atoms with Gasteiger partial charge in [-0.2, -0.15) is 0 Å². The number of carbonyl (C=O) groups excluding carboxylic acids is 1. The van der Waals surface area contributed by atoms with E-state index in [4.69, 9.17) is 9.84 Å². The number of benzene rings is 1. The first-order valence-corrected chi connectivity index (χ1v) is 6.12. The number of non-ortho nitro benzene ring substituents is 1. The number of nitro benzene ring substituents is 1. The van der Waals surface area contributed by atoms with Crippen LogP contribution in [0.4, 0.5) is 5.69 Å². The highest BCUT2D eigenvalue weighted by atomic mass is 16.6. The van der Waals surface area contributed by atoms with Crippen molar-refractivity contribution in [2.24, 2.45) is 0 Å². The third-order valence-electron chi connectivity index (χ3n) is 2.99. The summed E-state index contributed by atoms with van der Waals surface area (Å²) in [5, 5.41) is 19.2. The van der Waals surface area contributed by atoms with Gasteiger partial charge >= 0.3 is 5.97 Å². The minimum atomic E-state index is -1.16. The zero-order chi connectivity index (χ0) is 16.0. The average Bonchev–Trinajstić information content (AvgIpc) is 2.45.